The molecule has 1 aliphatic heterocycles. The second kappa shape index (κ2) is 10.3. The second-order valence-corrected chi connectivity index (χ2v) is 10.7. The number of rotatable bonds is 6. The van der Waals surface area contributed by atoms with E-state index in [0.717, 1.165) is 55.5 Å². The number of anilines is 1. The zero-order valence-electron chi connectivity index (χ0n) is 21.9. The molecule has 1 saturated heterocycles. The van der Waals surface area contributed by atoms with Crippen LogP contribution >= 0.6 is 11.8 Å². The summed E-state index contributed by atoms with van der Waals surface area (Å²) in [5.74, 6) is -0.856. The SMILES string of the molecule is Cc1cc(C)c(NC(=O)CN2C(=O)S/C(=C\c3c(C)n(Cc4ccccc4)c4ccccc34)C2=O)c(C)c1. The van der Waals surface area contributed by atoms with Gasteiger partial charge in [0.1, 0.15) is 6.54 Å². The van der Waals surface area contributed by atoms with Crippen LogP contribution in [-0.2, 0) is 16.1 Å². The molecule has 192 valence electrons. The van der Waals surface area contributed by atoms with Crippen molar-refractivity contribution in [2.24, 2.45) is 0 Å². The van der Waals surface area contributed by atoms with Gasteiger partial charge in [-0.2, -0.15) is 0 Å². The second-order valence-electron chi connectivity index (χ2n) is 9.68. The summed E-state index contributed by atoms with van der Waals surface area (Å²) in [6, 6.07) is 22.2. The molecule has 0 bridgehead atoms. The average molecular weight is 524 g/mol. The number of amides is 3. The average Bonchev–Trinajstić information content (AvgIpc) is 3.30. The van der Waals surface area contributed by atoms with Crippen LogP contribution in [-0.4, -0.2) is 33.1 Å². The van der Waals surface area contributed by atoms with Crippen LogP contribution in [0.15, 0.2) is 71.6 Å². The summed E-state index contributed by atoms with van der Waals surface area (Å²) in [4.78, 5) is 40.2. The fourth-order valence-corrected chi connectivity index (χ4v) is 5.90. The quantitative estimate of drug-likeness (QED) is 0.289. The molecule has 0 aliphatic carbocycles. The maximum atomic E-state index is 13.3. The first-order valence-corrected chi connectivity index (χ1v) is 13.3. The molecule has 1 aliphatic rings. The van der Waals surface area contributed by atoms with E-state index < -0.39 is 17.1 Å². The topological polar surface area (TPSA) is 71.4 Å². The van der Waals surface area contributed by atoms with Gasteiger partial charge < -0.3 is 9.88 Å². The molecular weight excluding hydrogens is 494 g/mol. The van der Waals surface area contributed by atoms with Crippen LogP contribution in [0.4, 0.5) is 10.5 Å². The molecule has 0 atom stereocenters. The maximum Gasteiger partial charge on any atom is 0.294 e. The minimum atomic E-state index is -0.452. The van der Waals surface area contributed by atoms with Gasteiger partial charge in [-0.1, -0.05) is 66.2 Å². The Kier molecular flexibility index (Phi) is 6.95. The van der Waals surface area contributed by atoms with Gasteiger partial charge in [0, 0.05) is 34.4 Å². The third-order valence-corrected chi connectivity index (χ3v) is 7.76. The number of carbonyl (C=O) groups excluding carboxylic acids is 3. The van der Waals surface area contributed by atoms with Gasteiger partial charge in [0.2, 0.25) is 5.91 Å². The van der Waals surface area contributed by atoms with Crippen LogP contribution in [0, 0.1) is 27.7 Å². The molecule has 0 unspecified atom stereocenters. The monoisotopic (exact) mass is 523 g/mol. The number of hydrogen-bond donors (Lipinski definition) is 1. The van der Waals surface area contributed by atoms with E-state index >= 15 is 0 Å². The Morgan fingerprint density at radius 3 is 2.29 bits per heavy atom. The maximum absolute atomic E-state index is 13.3. The normalized spacial score (nSPS) is 14.6. The molecule has 3 aromatic carbocycles. The molecule has 5 rings (SSSR count). The van der Waals surface area contributed by atoms with E-state index in [0.29, 0.717) is 17.1 Å². The zero-order valence-corrected chi connectivity index (χ0v) is 22.7. The Labute approximate surface area is 226 Å². The van der Waals surface area contributed by atoms with Crippen molar-refractivity contribution in [3.05, 3.63) is 105 Å². The van der Waals surface area contributed by atoms with Gasteiger partial charge in [-0.05, 0) is 68.3 Å². The van der Waals surface area contributed by atoms with Gasteiger partial charge in [0.15, 0.2) is 0 Å². The number of hydrogen-bond acceptors (Lipinski definition) is 4. The lowest BCUT2D eigenvalue weighted by atomic mass is 10.1. The number of imide groups is 1. The first-order valence-electron chi connectivity index (χ1n) is 12.5. The highest BCUT2D eigenvalue weighted by Gasteiger charge is 2.36. The molecule has 0 spiro atoms. The number of para-hydroxylation sites is 1. The Bertz CT molecular complexity index is 1600. The fourth-order valence-electron chi connectivity index (χ4n) is 5.08. The number of nitrogens with zero attached hydrogens (tertiary/aromatic N) is 2. The van der Waals surface area contributed by atoms with Crippen LogP contribution < -0.4 is 5.32 Å². The molecule has 1 aromatic heterocycles. The Morgan fingerprint density at radius 2 is 1.58 bits per heavy atom. The summed E-state index contributed by atoms with van der Waals surface area (Å²) >= 11 is 0.873. The number of aryl methyl sites for hydroxylation is 3. The van der Waals surface area contributed by atoms with Crippen LogP contribution in [0.3, 0.4) is 0 Å². The molecule has 2 heterocycles. The van der Waals surface area contributed by atoms with Crippen LogP contribution in [0.5, 0.6) is 0 Å². The summed E-state index contributed by atoms with van der Waals surface area (Å²) in [6.45, 7) is 8.24. The molecule has 38 heavy (non-hydrogen) atoms. The Morgan fingerprint density at radius 1 is 0.921 bits per heavy atom. The summed E-state index contributed by atoms with van der Waals surface area (Å²) in [5.41, 5.74) is 7.83. The van der Waals surface area contributed by atoms with E-state index in [4.69, 9.17) is 0 Å². The lowest BCUT2D eigenvalue weighted by molar-refractivity contribution is -0.127. The third kappa shape index (κ3) is 4.89. The first kappa shape index (κ1) is 25.5. The highest BCUT2D eigenvalue weighted by atomic mass is 32.2. The van der Waals surface area contributed by atoms with Crippen molar-refractivity contribution in [2.45, 2.75) is 34.2 Å². The molecule has 3 amide bonds. The van der Waals surface area contributed by atoms with Gasteiger partial charge >= 0.3 is 0 Å². The molecule has 6 nitrogen and oxygen atoms in total. The number of aromatic nitrogens is 1. The van der Waals surface area contributed by atoms with Gasteiger partial charge in [0.05, 0.1) is 4.91 Å². The van der Waals surface area contributed by atoms with Gasteiger partial charge in [0.25, 0.3) is 11.1 Å². The van der Waals surface area contributed by atoms with Crippen LogP contribution in [0.25, 0.3) is 17.0 Å². The zero-order chi connectivity index (χ0) is 27.0. The Balaban J connectivity index is 1.41. The van der Waals surface area contributed by atoms with Crippen molar-refractivity contribution >= 4 is 51.5 Å². The lowest BCUT2D eigenvalue weighted by Crippen LogP contribution is -2.36. The molecule has 1 N–H and O–H groups in total. The predicted octanol–water partition coefficient (Wildman–Crippen LogP) is 6.60. The third-order valence-electron chi connectivity index (χ3n) is 6.86. The fraction of sp³-hybridized carbons (Fsp3) is 0.194. The molecule has 7 heteroatoms. The molecular formula is C31H29N3O3S. The molecule has 4 aromatic rings. The first-order chi connectivity index (χ1) is 18.2. The van der Waals surface area contributed by atoms with E-state index in [-0.39, 0.29) is 6.54 Å². The van der Waals surface area contributed by atoms with E-state index in [1.807, 2.05) is 76.2 Å². The largest absolute Gasteiger partial charge is 0.340 e. The minimum absolute atomic E-state index is 0.316. The number of fused-ring (bicyclic) bond motifs is 1. The summed E-state index contributed by atoms with van der Waals surface area (Å²) in [6.07, 6.45) is 1.79. The van der Waals surface area contributed by atoms with Crippen molar-refractivity contribution in [1.29, 1.82) is 0 Å². The van der Waals surface area contributed by atoms with Crippen molar-refractivity contribution in [3.63, 3.8) is 0 Å². The Hall–Kier alpha value is -4.10. The molecule has 0 saturated carbocycles. The molecule has 0 radical (unpaired) electrons. The van der Waals surface area contributed by atoms with Gasteiger partial charge in [-0.15, -0.1) is 0 Å². The highest BCUT2D eigenvalue weighted by molar-refractivity contribution is 8.18. The van der Waals surface area contributed by atoms with E-state index in [1.54, 1.807) is 6.08 Å². The highest BCUT2D eigenvalue weighted by Crippen LogP contribution is 2.36. The predicted molar refractivity (Wildman–Crippen MR) is 154 cm³/mol. The summed E-state index contributed by atoms with van der Waals surface area (Å²) < 4.78 is 2.22. The van der Waals surface area contributed by atoms with Crippen molar-refractivity contribution in [1.82, 2.24) is 9.47 Å². The van der Waals surface area contributed by atoms with Crippen molar-refractivity contribution in [2.75, 3.05) is 11.9 Å². The van der Waals surface area contributed by atoms with Crippen LogP contribution in [0.1, 0.15) is 33.5 Å². The van der Waals surface area contributed by atoms with Gasteiger partial charge in [-0.25, -0.2) is 0 Å². The number of benzene rings is 3. The summed E-state index contributed by atoms with van der Waals surface area (Å²) in [7, 11) is 0. The lowest BCUT2D eigenvalue weighted by Gasteiger charge is -2.15. The number of carbonyl (C=O) groups is 3. The number of thioether (sulfide) groups is 1. The standard InChI is InChI=1S/C31H29N3O3S/c1-19-14-20(2)29(21(3)15-19)32-28(35)18-34-30(36)27(38-31(34)37)16-25-22(4)33(17-23-10-6-5-7-11-23)26-13-9-8-12-24(25)26/h5-16H,17-18H2,1-4H3,(H,32,35)/b27-16-. The number of nitrogens with one attached hydrogen (secondary N) is 1. The minimum Gasteiger partial charge on any atom is -0.340 e. The van der Waals surface area contributed by atoms with Crippen molar-refractivity contribution < 1.29 is 14.4 Å². The van der Waals surface area contributed by atoms with E-state index in [1.165, 1.54) is 5.56 Å². The van der Waals surface area contributed by atoms with Crippen molar-refractivity contribution in [3.8, 4) is 0 Å². The summed E-state index contributed by atoms with van der Waals surface area (Å²) in [5, 5.41) is 3.45. The smallest absolute Gasteiger partial charge is 0.294 e. The van der Waals surface area contributed by atoms with Crippen LogP contribution in [0.2, 0.25) is 0 Å². The molecule has 1 fully saturated rings. The van der Waals surface area contributed by atoms with E-state index in [2.05, 4.69) is 28.1 Å². The van der Waals surface area contributed by atoms with Gasteiger partial charge in [-0.3, -0.25) is 19.3 Å². The van der Waals surface area contributed by atoms with E-state index in [9.17, 15) is 14.4 Å².